The molecule has 3 nitrogen and oxygen atoms in total. The van der Waals surface area contributed by atoms with Crippen molar-refractivity contribution in [3.8, 4) is 0 Å². The largest absolute Gasteiger partial charge is 0.225 e. The molecule has 9 heavy (non-hydrogen) atoms. The van der Waals surface area contributed by atoms with Crippen LogP contribution < -0.4 is 5.14 Å². The van der Waals surface area contributed by atoms with Crippen molar-refractivity contribution < 1.29 is 8.42 Å². The van der Waals surface area contributed by atoms with E-state index in [1.54, 1.807) is 6.92 Å². The van der Waals surface area contributed by atoms with Crippen molar-refractivity contribution in [2.45, 2.75) is 13.3 Å². The lowest BCUT2D eigenvalue weighted by Gasteiger charge is -1.93. The van der Waals surface area contributed by atoms with E-state index in [2.05, 4.69) is 6.58 Å². The lowest BCUT2D eigenvalue weighted by molar-refractivity contribution is 0.595. The first-order valence-corrected chi connectivity index (χ1v) is 4.19. The highest BCUT2D eigenvalue weighted by atomic mass is 32.2. The Labute approximate surface area is 55.6 Å². The molecule has 0 heterocycles. The molecule has 4 heteroatoms. The summed E-state index contributed by atoms with van der Waals surface area (Å²) in [7, 11) is -3.53. The molecule has 0 bridgehead atoms. The van der Waals surface area contributed by atoms with Crippen molar-refractivity contribution in [3.63, 3.8) is 0 Å². The van der Waals surface area contributed by atoms with Crippen molar-refractivity contribution >= 4 is 10.0 Å². The first-order valence-electron chi connectivity index (χ1n) is 2.53. The van der Waals surface area contributed by atoms with E-state index in [1.165, 1.54) is 0 Å². The lowest BCUT2D eigenvalue weighted by atomic mass is 10.3. The second-order valence-corrected chi connectivity index (χ2v) is 3.66. The first kappa shape index (κ1) is 8.65. The summed E-state index contributed by atoms with van der Waals surface area (Å²) in [5.41, 5.74) is 0.797. The molecule has 1 radical (unpaired) electrons. The summed E-state index contributed by atoms with van der Waals surface area (Å²) in [4.78, 5) is 0. The van der Waals surface area contributed by atoms with Crippen molar-refractivity contribution in [2.75, 3.05) is 5.75 Å². The van der Waals surface area contributed by atoms with Crippen LogP contribution in [0.2, 0.25) is 0 Å². The van der Waals surface area contributed by atoms with E-state index < -0.39 is 10.0 Å². The maximum atomic E-state index is 10.2. The molecular formula is C5H10NO2S. The summed E-state index contributed by atoms with van der Waals surface area (Å²) in [6.07, 6.45) is 0.395. The molecule has 0 saturated heterocycles. The van der Waals surface area contributed by atoms with E-state index in [4.69, 9.17) is 5.14 Å². The summed E-state index contributed by atoms with van der Waals surface area (Å²) >= 11 is 0. The van der Waals surface area contributed by atoms with E-state index >= 15 is 0 Å². The van der Waals surface area contributed by atoms with Crippen LogP contribution in [0.1, 0.15) is 13.3 Å². The molecule has 0 spiro atoms. The van der Waals surface area contributed by atoms with Crippen molar-refractivity contribution in [2.24, 2.45) is 0 Å². The standard InChI is InChI=1S/C5H10NO2S/c1-5(2)3-4-9(6,7)8/h6H,1,3-4H2,2H3. The molecule has 0 aromatic heterocycles. The van der Waals surface area contributed by atoms with Gasteiger partial charge in [-0.25, -0.2) is 8.42 Å². The van der Waals surface area contributed by atoms with Crippen molar-refractivity contribution in [1.82, 2.24) is 5.14 Å². The number of hydrogen-bond acceptors (Lipinski definition) is 2. The minimum absolute atomic E-state index is 0.109. The van der Waals surface area contributed by atoms with Gasteiger partial charge >= 0.3 is 0 Å². The molecule has 0 aliphatic carbocycles. The van der Waals surface area contributed by atoms with Gasteiger partial charge in [-0.05, 0) is 13.3 Å². The lowest BCUT2D eigenvalue weighted by Crippen LogP contribution is -2.05. The average Bonchev–Trinajstić information content (AvgIpc) is 1.59. The molecule has 0 saturated carbocycles. The van der Waals surface area contributed by atoms with E-state index in [0.29, 0.717) is 6.42 Å². The second-order valence-electron chi connectivity index (χ2n) is 2.03. The van der Waals surface area contributed by atoms with Crippen LogP contribution in [0.4, 0.5) is 0 Å². The highest BCUT2D eigenvalue weighted by molar-refractivity contribution is 7.88. The van der Waals surface area contributed by atoms with Gasteiger partial charge in [-0.3, -0.25) is 0 Å². The van der Waals surface area contributed by atoms with Crippen LogP contribution in [-0.4, -0.2) is 14.2 Å². The normalized spacial score (nSPS) is 11.3. The van der Waals surface area contributed by atoms with Crippen LogP contribution in [0.25, 0.3) is 0 Å². The number of hydrogen-bond donors (Lipinski definition) is 0. The molecule has 0 amide bonds. The number of nitrogens with one attached hydrogen (secondary N) is 1. The number of allylic oxidation sites excluding steroid dienone is 1. The van der Waals surface area contributed by atoms with Gasteiger partial charge in [0, 0.05) is 0 Å². The second kappa shape index (κ2) is 2.98. The molecule has 53 valence electrons. The number of sulfonamides is 1. The highest BCUT2D eigenvalue weighted by Gasteiger charge is 2.01. The van der Waals surface area contributed by atoms with E-state index in [1.807, 2.05) is 0 Å². The van der Waals surface area contributed by atoms with E-state index in [0.717, 1.165) is 5.57 Å². The van der Waals surface area contributed by atoms with Crippen molar-refractivity contribution in [1.29, 1.82) is 0 Å². The van der Waals surface area contributed by atoms with Crippen LogP contribution in [0.5, 0.6) is 0 Å². The Bertz CT molecular complexity index is 193. The van der Waals surface area contributed by atoms with Crippen molar-refractivity contribution in [3.05, 3.63) is 12.2 Å². The van der Waals surface area contributed by atoms with E-state index in [9.17, 15) is 8.42 Å². The molecule has 1 N–H and O–H groups in total. The molecule has 0 aliphatic rings. The maximum absolute atomic E-state index is 10.2. The van der Waals surface area contributed by atoms with Crippen LogP contribution in [-0.2, 0) is 10.0 Å². The average molecular weight is 148 g/mol. The predicted octanol–water partition coefficient (Wildman–Crippen LogP) is 0.565. The Hall–Kier alpha value is -0.350. The molecule has 0 aromatic rings. The summed E-state index contributed by atoms with van der Waals surface area (Å²) in [5.74, 6) is -0.109. The summed E-state index contributed by atoms with van der Waals surface area (Å²) in [6.45, 7) is 5.25. The third-order valence-electron chi connectivity index (χ3n) is 0.798. The molecule has 0 aromatic carbocycles. The molecule has 0 fully saturated rings. The smallest absolute Gasteiger partial charge is 0.211 e. The Morgan fingerprint density at radius 2 is 2.11 bits per heavy atom. The topological polar surface area (TPSA) is 57.9 Å². The first-order chi connectivity index (χ1) is 3.92. The SMILES string of the molecule is C=C(C)CCS([NH])(=O)=O. The van der Waals surface area contributed by atoms with Crippen LogP contribution >= 0.6 is 0 Å². The highest BCUT2D eigenvalue weighted by Crippen LogP contribution is 1.96. The molecular weight excluding hydrogens is 138 g/mol. The Morgan fingerprint density at radius 1 is 1.67 bits per heavy atom. The summed E-state index contributed by atoms with van der Waals surface area (Å²) in [5, 5.41) is 6.46. The predicted molar refractivity (Wildman–Crippen MR) is 36.3 cm³/mol. The van der Waals surface area contributed by atoms with Crippen LogP contribution in [0.3, 0.4) is 0 Å². The summed E-state index contributed by atoms with van der Waals surface area (Å²) < 4.78 is 20.3. The van der Waals surface area contributed by atoms with Gasteiger partial charge in [0.2, 0.25) is 10.0 Å². The molecule has 0 rings (SSSR count). The van der Waals surface area contributed by atoms with Gasteiger partial charge in [0.05, 0.1) is 5.75 Å². The Kier molecular flexibility index (Phi) is 2.87. The van der Waals surface area contributed by atoms with Gasteiger partial charge in [-0.1, -0.05) is 5.57 Å². The van der Waals surface area contributed by atoms with Crippen LogP contribution in [0, 0.1) is 0 Å². The quantitative estimate of drug-likeness (QED) is 0.549. The third kappa shape index (κ3) is 7.65. The fourth-order valence-electron chi connectivity index (χ4n) is 0.309. The van der Waals surface area contributed by atoms with Gasteiger partial charge in [0.25, 0.3) is 0 Å². The Morgan fingerprint density at radius 3 is 2.22 bits per heavy atom. The zero-order valence-electron chi connectivity index (χ0n) is 5.35. The van der Waals surface area contributed by atoms with Crippen LogP contribution in [0.15, 0.2) is 12.2 Å². The zero-order chi connectivity index (χ0) is 7.49. The third-order valence-corrected chi connectivity index (χ3v) is 1.54. The maximum Gasteiger partial charge on any atom is 0.225 e. The minimum Gasteiger partial charge on any atom is -0.211 e. The van der Waals surface area contributed by atoms with Gasteiger partial charge in [-0.2, -0.15) is 0 Å². The monoisotopic (exact) mass is 148 g/mol. The fourth-order valence-corrected chi connectivity index (χ4v) is 0.926. The van der Waals surface area contributed by atoms with Gasteiger partial charge in [-0.15, -0.1) is 11.7 Å². The molecule has 0 unspecified atom stereocenters. The fraction of sp³-hybridized carbons (Fsp3) is 0.600. The molecule has 0 aliphatic heterocycles. The molecule has 0 atom stereocenters. The van der Waals surface area contributed by atoms with Gasteiger partial charge in [0.15, 0.2) is 0 Å². The minimum atomic E-state index is -3.53. The van der Waals surface area contributed by atoms with Gasteiger partial charge in [0.1, 0.15) is 0 Å². The summed E-state index contributed by atoms with van der Waals surface area (Å²) in [6, 6.07) is 0. The zero-order valence-corrected chi connectivity index (χ0v) is 6.16. The van der Waals surface area contributed by atoms with E-state index in [-0.39, 0.29) is 5.75 Å². The number of rotatable bonds is 3. The Balaban J connectivity index is 3.67. The van der Waals surface area contributed by atoms with Gasteiger partial charge < -0.3 is 0 Å².